The summed E-state index contributed by atoms with van der Waals surface area (Å²) >= 11 is 6.12. The highest BCUT2D eigenvalue weighted by Gasteiger charge is 2.31. The maximum Gasteiger partial charge on any atom is 0.573 e. The molecule has 1 heterocycles. The zero-order chi connectivity index (χ0) is 30.3. The molecule has 0 N–H and O–H groups in total. The Morgan fingerprint density at radius 3 is 2.29 bits per heavy atom. The molecule has 0 unspecified atom stereocenters. The van der Waals surface area contributed by atoms with E-state index in [-0.39, 0.29) is 24.8 Å². The van der Waals surface area contributed by atoms with E-state index in [1.165, 1.54) is 23.1 Å². The SMILES string of the molecule is CC/C=C(/c1c(N(C=O)Cc2ccccc2)nc(Oc2cccc(OC(F)(F)F)c2)n1Cc1ccc(Cl)cc1)N(C)C. The fourth-order valence-corrected chi connectivity index (χ4v) is 4.46. The molecule has 0 spiro atoms. The van der Waals surface area contributed by atoms with Gasteiger partial charge in [0.25, 0.3) is 0 Å². The van der Waals surface area contributed by atoms with Crippen molar-refractivity contribution in [1.82, 2.24) is 14.5 Å². The Morgan fingerprint density at radius 2 is 1.67 bits per heavy atom. The van der Waals surface area contributed by atoms with E-state index in [1.807, 2.05) is 74.5 Å². The van der Waals surface area contributed by atoms with E-state index >= 15 is 0 Å². The van der Waals surface area contributed by atoms with Crippen molar-refractivity contribution in [1.29, 1.82) is 0 Å². The zero-order valence-corrected chi connectivity index (χ0v) is 24.1. The summed E-state index contributed by atoms with van der Waals surface area (Å²) in [7, 11) is 3.76. The average Bonchev–Trinajstić information content (AvgIpc) is 3.27. The normalized spacial score (nSPS) is 11.7. The Bertz CT molecular complexity index is 1520. The van der Waals surface area contributed by atoms with Crippen LogP contribution in [0.4, 0.5) is 19.0 Å². The highest BCUT2D eigenvalue weighted by Crippen LogP contribution is 2.37. The molecule has 1 amide bonds. The largest absolute Gasteiger partial charge is 0.573 e. The lowest BCUT2D eigenvalue weighted by atomic mass is 10.1. The van der Waals surface area contributed by atoms with Gasteiger partial charge in [-0.05, 0) is 41.8 Å². The summed E-state index contributed by atoms with van der Waals surface area (Å²) < 4.78 is 50.7. The lowest BCUT2D eigenvalue weighted by molar-refractivity contribution is -0.274. The number of imidazole rings is 1. The molecule has 0 saturated heterocycles. The van der Waals surface area contributed by atoms with Crippen LogP contribution < -0.4 is 14.4 Å². The highest BCUT2D eigenvalue weighted by molar-refractivity contribution is 6.30. The molecule has 11 heteroatoms. The number of anilines is 1. The molecule has 0 saturated carbocycles. The number of aromatic nitrogens is 2. The molecule has 0 radical (unpaired) electrons. The van der Waals surface area contributed by atoms with Gasteiger partial charge in [0.05, 0.1) is 18.8 Å². The third kappa shape index (κ3) is 7.85. The van der Waals surface area contributed by atoms with Gasteiger partial charge in [0.15, 0.2) is 5.82 Å². The second kappa shape index (κ2) is 13.5. The molecule has 0 aliphatic heterocycles. The van der Waals surface area contributed by atoms with Gasteiger partial charge in [0, 0.05) is 25.2 Å². The minimum Gasteiger partial charge on any atom is -0.425 e. The molecule has 4 rings (SSSR count). The van der Waals surface area contributed by atoms with E-state index in [0.717, 1.165) is 22.9 Å². The lowest BCUT2D eigenvalue weighted by Crippen LogP contribution is -2.24. The number of nitrogens with zero attached hydrogens (tertiary/aromatic N) is 4. The predicted octanol–water partition coefficient (Wildman–Crippen LogP) is 7.75. The molecular formula is C31H30ClF3N4O3. The Labute approximate surface area is 247 Å². The molecule has 0 bridgehead atoms. The molecule has 0 fully saturated rings. The maximum atomic E-state index is 12.9. The molecule has 0 aliphatic rings. The number of rotatable bonds is 12. The van der Waals surface area contributed by atoms with Gasteiger partial charge in [-0.15, -0.1) is 13.2 Å². The number of carbonyl (C=O) groups excluding carboxylic acids is 1. The number of carbonyl (C=O) groups is 1. The fourth-order valence-electron chi connectivity index (χ4n) is 4.34. The molecule has 42 heavy (non-hydrogen) atoms. The van der Waals surface area contributed by atoms with Gasteiger partial charge >= 0.3 is 12.4 Å². The number of benzene rings is 3. The first-order valence-corrected chi connectivity index (χ1v) is 13.5. The first-order chi connectivity index (χ1) is 20.1. The van der Waals surface area contributed by atoms with E-state index in [0.29, 0.717) is 29.4 Å². The van der Waals surface area contributed by atoms with E-state index in [4.69, 9.17) is 21.3 Å². The van der Waals surface area contributed by atoms with Crippen LogP contribution >= 0.6 is 11.6 Å². The standard InChI is InChI=1S/C31H30ClF3N4O3/c1-4-9-27(37(2)3)28-29(38(21-40)19-22-10-6-5-7-11-22)36-30(39(28)20-23-14-16-24(32)17-15-23)41-25-12-8-13-26(18-25)42-31(33,34)35/h5-18,21H,4,19-20H2,1-3H3/b27-9-. The monoisotopic (exact) mass is 598 g/mol. The number of amides is 1. The highest BCUT2D eigenvalue weighted by atomic mass is 35.5. The van der Waals surface area contributed by atoms with Crippen molar-refractivity contribution in [2.24, 2.45) is 0 Å². The molecule has 4 aromatic rings. The Balaban J connectivity index is 1.90. The lowest BCUT2D eigenvalue weighted by Gasteiger charge is -2.23. The van der Waals surface area contributed by atoms with Crippen LogP contribution in [0.3, 0.4) is 0 Å². The number of ether oxygens (including phenoxy) is 2. The van der Waals surface area contributed by atoms with Crippen LogP contribution in [0.1, 0.15) is 30.2 Å². The average molecular weight is 599 g/mol. The summed E-state index contributed by atoms with van der Waals surface area (Å²) in [5.74, 6) is -0.0348. The molecule has 3 aromatic carbocycles. The minimum absolute atomic E-state index is 0.0721. The van der Waals surface area contributed by atoms with Gasteiger partial charge in [0.2, 0.25) is 6.41 Å². The molecule has 7 nitrogen and oxygen atoms in total. The molecule has 1 aromatic heterocycles. The topological polar surface area (TPSA) is 59.8 Å². The van der Waals surface area contributed by atoms with Gasteiger partial charge < -0.3 is 14.4 Å². The number of halogens is 4. The van der Waals surface area contributed by atoms with Gasteiger partial charge in [-0.3, -0.25) is 14.3 Å². The molecule has 0 aliphatic carbocycles. The van der Waals surface area contributed by atoms with Crippen LogP contribution in [0.5, 0.6) is 17.5 Å². The van der Waals surface area contributed by atoms with Gasteiger partial charge in [-0.1, -0.05) is 73.1 Å². The Morgan fingerprint density at radius 1 is 0.976 bits per heavy atom. The Hall–Kier alpha value is -4.44. The van der Waals surface area contributed by atoms with Crippen molar-refractivity contribution in [3.8, 4) is 17.5 Å². The summed E-state index contributed by atoms with van der Waals surface area (Å²) in [6.45, 7) is 2.49. The number of allylic oxidation sites excluding steroid dienone is 1. The second-order valence-electron chi connectivity index (χ2n) is 9.51. The Kier molecular flexibility index (Phi) is 9.80. The molecular weight excluding hydrogens is 569 g/mol. The zero-order valence-electron chi connectivity index (χ0n) is 23.3. The van der Waals surface area contributed by atoms with Crippen LogP contribution in [0.2, 0.25) is 5.02 Å². The first kappa shape index (κ1) is 30.5. The smallest absolute Gasteiger partial charge is 0.425 e. The van der Waals surface area contributed by atoms with Crippen molar-refractivity contribution in [2.45, 2.75) is 32.8 Å². The van der Waals surface area contributed by atoms with Crippen molar-refractivity contribution in [3.05, 3.63) is 107 Å². The fraction of sp³-hybridized carbons (Fsp3) is 0.226. The van der Waals surface area contributed by atoms with Gasteiger partial charge in [-0.2, -0.15) is 4.98 Å². The maximum absolute atomic E-state index is 12.9. The summed E-state index contributed by atoms with van der Waals surface area (Å²) in [6, 6.07) is 21.9. The summed E-state index contributed by atoms with van der Waals surface area (Å²) in [5, 5.41) is 0.568. The van der Waals surface area contributed by atoms with E-state index < -0.39 is 12.1 Å². The van der Waals surface area contributed by atoms with Gasteiger partial charge in [-0.25, -0.2) is 0 Å². The second-order valence-corrected chi connectivity index (χ2v) is 9.95. The van der Waals surface area contributed by atoms with E-state index in [1.54, 1.807) is 16.7 Å². The van der Waals surface area contributed by atoms with Crippen LogP contribution in [-0.2, 0) is 17.9 Å². The third-order valence-corrected chi connectivity index (χ3v) is 6.39. The van der Waals surface area contributed by atoms with Crippen molar-refractivity contribution >= 4 is 29.5 Å². The van der Waals surface area contributed by atoms with Gasteiger partial charge in [0.1, 0.15) is 17.2 Å². The van der Waals surface area contributed by atoms with Crippen molar-refractivity contribution < 1.29 is 27.4 Å². The molecule has 0 atom stereocenters. The minimum atomic E-state index is -4.86. The van der Waals surface area contributed by atoms with Crippen molar-refractivity contribution in [3.63, 3.8) is 0 Å². The third-order valence-electron chi connectivity index (χ3n) is 6.13. The van der Waals surface area contributed by atoms with Crippen LogP contribution in [0, 0.1) is 0 Å². The number of hydrogen-bond acceptors (Lipinski definition) is 5. The number of hydrogen-bond donors (Lipinski definition) is 0. The quantitative estimate of drug-likeness (QED) is 0.156. The van der Waals surface area contributed by atoms with Crippen LogP contribution in [-0.4, -0.2) is 41.3 Å². The predicted molar refractivity (Wildman–Crippen MR) is 157 cm³/mol. The van der Waals surface area contributed by atoms with E-state index in [2.05, 4.69) is 4.74 Å². The molecule has 220 valence electrons. The number of alkyl halides is 3. The van der Waals surface area contributed by atoms with E-state index in [9.17, 15) is 18.0 Å². The summed E-state index contributed by atoms with van der Waals surface area (Å²) in [5.41, 5.74) is 3.11. The first-order valence-electron chi connectivity index (χ1n) is 13.1. The summed E-state index contributed by atoms with van der Waals surface area (Å²) in [6.07, 6.45) is -1.47. The van der Waals surface area contributed by atoms with Crippen LogP contribution in [0.25, 0.3) is 5.70 Å². The summed E-state index contributed by atoms with van der Waals surface area (Å²) in [4.78, 5) is 20.7. The van der Waals surface area contributed by atoms with Crippen LogP contribution in [0.15, 0.2) is 84.9 Å². The van der Waals surface area contributed by atoms with Crippen molar-refractivity contribution in [2.75, 3.05) is 19.0 Å².